The van der Waals surface area contributed by atoms with Gasteiger partial charge in [0.2, 0.25) is 0 Å². The lowest BCUT2D eigenvalue weighted by molar-refractivity contribution is -0.137. The number of imidazole rings is 1. The molecular formula is C15H13N5O5. The molecule has 0 saturated carbocycles. The van der Waals surface area contributed by atoms with Gasteiger partial charge in [0.05, 0.1) is 6.33 Å². The summed E-state index contributed by atoms with van der Waals surface area (Å²) >= 11 is 0. The van der Waals surface area contributed by atoms with Crippen LogP contribution < -0.4 is 11.0 Å². The van der Waals surface area contributed by atoms with Gasteiger partial charge in [-0.05, 0) is 5.56 Å². The minimum Gasteiger partial charge on any atom is -0.480 e. The van der Waals surface area contributed by atoms with Crippen LogP contribution >= 0.6 is 0 Å². The first-order valence-electron chi connectivity index (χ1n) is 7.17. The van der Waals surface area contributed by atoms with E-state index in [0.717, 1.165) is 5.56 Å². The Kier molecular flexibility index (Phi) is 4.42. The second-order valence-corrected chi connectivity index (χ2v) is 5.04. The van der Waals surface area contributed by atoms with Crippen LogP contribution in [0.2, 0.25) is 0 Å². The van der Waals surface area contributed by atoms with Crippen molar-refractivity contribution < 1.29 is 19.4 Å². The number of nitrogens with zero attached hydrogens (tertiary/aromatic N) is 3. The highest BCUT2D eigenvalue weighted by atomic mass is 16.5. The maximum Gasteiger partial charge on any atom is 0.413 e. The second-order valence-electron chi connectivity index (χ2n) is 5.04. The molecule has 0 saturated heterocycles. The Hall–Kier alpha value is -3.69. The SMILES string of the molecule is O=C(O)Cn1cnc2c(NC(=O)OCc3ccccc3)[nH]c(=O)nc21. The number of anilines is 1. The summed E-state index contributed by atoms with van der Waals surface area (Å²) in [5.41, 5.74) is 0.247. The van der Waals surface area contributed by atoms with Gasteiger partial charge in [-0.3, -0.25) is 15.1 Å². The average molecular weight is 343 g/mol. The van der Waals surface area contributed by atoms with E-state index in [-0.39, 0.29) is 23.6 Å². The van der Waals surface area contributed by atoms with Gasteiger partial charge in [-0.25, -0.2) is 14.6 Å². The molecule has 0 atom stereocenters. The first kappa shape index (κ1) is 16.2. The Balaban J connectivity index is 1.78. The summed E-state index contributed by atoms with van der Waals surface area (Å²) in [7, 11) is 0. The van der Waals surface area contributed by atoms with E-state index in [0.29, 0.717) is 0 Å². The normalized spacial score (nSPS) is 10.6. The molecular weight excluding hydrogens is 330 g/mol. The lowest BCUT2D eigenvalue weighted by Crippen LogP contribution is -2.20. The molecule has 0 radical (unpaired) electrons. The molecule has 3 aromatic rings. The number of fused-ring (bicyclic) bond motifs is 1. The molecule has 1 amide bonds. The summed E-state index contributed by atoms with van der Waals surface area (Å²) in [6, 6.07) is 9.07. The fourth-order valence-corrected chi connectivity index (χ4v) is 2.17. The summed E-state index contributed by atoms with van der Waals surface area (Å²) in [5.74, 6) is -1.13. The molecule has 0 aliphatic carbocycles. The van der Waals surface area contributed by atoms with Gasteiger partial charge < -0.3 is 14.4 Å². The van der Waals surface area contributed by atoms with Crippen LogP contribution in [0.3, 0.4) is 0 Å². The molecule has 10 nitrogen and oxygen atoms in total. The van der Waals surface area contributed by atoms with Crippen molar-refractivity contribution >= 4 is 29.0 Å². The van der Waals surface area contributed by atoms with Crippen LogP contribution in [0.1, 0.15) is 5.56 Å². The number of ether oxygens (including phenoxy) is 1. The van der Waals surface area contributed by atoms with Gasteiger partial charge in [-0.1, -0.05) is 30.3 Å². The summed E-state index contributed by atoms with van der Waals surface area (Å²) in [6.45, 7) is -0.358. The third-order valence-corrected chi connectivity index (χ3v) is 3.23. The Morgan fingerprint density at radius 2 is 2.04 bits per heavy atom. The number of hydrogen-bond donors (Lipinski definition) is 3. The fraction of sp³-hybridized carbons (Fsp3) is 0.133. The van der Waals surface area contributed by atoms with Crippen molar-refractivity contribution in [2.45, 2.75) is 13.2 Å². The van der Waals surface area contributed by atoms with Crippen LogP contribution in [0, 0.1) is 0 Å². The molecule has 128 valence electrons. The van der Waals surface area contributed by atoms with Crippen molar-refractivity contribution in [1.82, 2.24) is 19.5 Å². The number of hydrogen-bond acceptors (Lipinski definition) is 6. The molecule has 2 heterocycles. The lowest BCUT2D eigenvalue weighted by Gasteiger charge is -2.07. The second kappa shape index (κ2) is 6.83. The zero-order valence-corrected chi connectivity index (χ0v) is 12.8. The maximum atomic E-state index is 11.9. The molecule has 0 aliphatic rings. The average Bonchev–Trinajstić information content (AvgIpc) is 2.96. The van der Waals surface area contributed by atoms with E-state index in [1.54, 1.807) is 12.1 Å². The Labute approximate surface area is 140 Å². The first-order chi connectivity index (χ1) is 12.0. The number of aromatic amines is 1. The van der Waals surface area contributed by atoms with Crippen LogP contribution in [0.5, 0.6) is 0 Å². The van der Waals surface area contributed by atoms with Crippen molar-refractivity contribution in [3.05, 3.63) is 52.7 Å². The fourth-order valence-electron chi connectivity index (χ4n) is 2.17. The number of aromatic nitrogens is 4. The number of carboxylic acid groups (broad SMARTS) is 1. The zero-order valence-electron chi connectivity index (χ0n) is 12.8. The van der Waals surface area contributed by atoms with E-state index in [2.05, 4.69) is 20.3 Å². The highest BCUT2D eigenvalue weighted by Crippen LogP contribution is 2.16. The van der Waals surface area contributed by atoms with Gasteiger partial charge in [0.15, 0.2) is 5.65 Å². The van der Waals surface area contributed by atoms with E-state index in [9.17, 15) is 14.4 Å². The summed E-state index contributed by atoms with van der Waals surface area (Å²) in [5, 5.41) is 11.2. The van der Waals surface area contributed by atoms with Crippen LogP contribution in [-0.2, 0) is 22.7 Å². The molecule has 1 aromatic carbocycles. The van der Waals surface area contributed by atoms with Gasteiger partial charge >= 0.3 is 17.8 Å². The van der Waals surface area contributed by atoms with Gasteiger partial charge in [-0.15, -0.1) is 0 Å². The minimum atomic E-state index is -1.11. The number of carbonyl (C=O) groups excluding carboxylic acids is 1. The van der Waals surface area contributed by atoms with Gasteiger partial charge in [0.25, 0.3) is 0 Å². The van der Waals surface area contributed by atoms with Gasteiger partial charge in [0.1, 0.15) is 24.5 Å². The van der Waals surface area contributed by atoms with Crippen molar-refractivity contribution in [2.75, 3.05) is 5.32 Å². The topological polar surface area (TPSA) is 139 Å². The number of rotatable bonds is 5. The van der Waals surface area contributed by atoms with Gasteiger partial charge in [-0.2, -0.15) is 4.98 Å². The predicted octanol–water partition coefficient (Wildman–Crippen LogP) is 0.953. The molecule has 2 aromatic heterocycles. The van der Waals surface area contributed by atoms with E-state index in [4.69, 9.17) is 9.84 Å². The summed E-state index contributed by atoms with van der Waals surface area (Å²) < 4.78 is 6.26. The van der Waals surface area contributed by atoms with Crippen LogP contribution in [-0.4, -0.2) is 36.7 Å². The van der Waals surface area contributed by atoms with E-state index < -0.39 is 24.3 Å². The molecule has 10 heteroatoms. The third kappa shape index (κ3) is 3.80. The predicted molar refractivity (Wildman–Crippen MR) is 86.0 cm³/mol. The van der Waals surface area contributed by atoms with Gasteiger partial charge in [0, 0.05) is 0 Å². The first-order valence-corrected chi connectivity index (χ1v) is 7.17. The minimum absolute atomic E-state index is 0.0165. The molecule has 25 heavy (non-hydrogen) atoms. The quantitative estimate of drug-likeness (QED) is 0.626. The number of aliphatic carboxylic acids is 1. The molecule has 0 spiro atoms. The highest BCUT2D eigenvalue weighted by molar-refractivity contribution is 5.93. The largest absolute Gasteiger partial charge is 0.480 e. The number of benzene rings is 1. The highest BCUT2D eigenvalue weighted by Gasteiger charge is 2.15. The zero-order chi connectivity index (χ0) is 17.8. The van der Waals surface area contributed by atoms with Crippen LogP contribution in [0.25, 0.3) is 11.2 Å². The summed E-state index contributed by atoms with van der Waals surface area (Å²) in [4.78, 5) is 44.4. The van der Waals surface area contributed by atoms with Crippen molar-refractivity contribution in [3.63, 3.8) is 0 Å². The Morgan fingerprint density at radius 1 is 1.28 bits per heavy atom. The number of carboxylic acids is 1. The molecule has 3 rings (SSSR count). The molecule has 3 N–H and O–H groups in total. The number of H-pyrrole nitrogens is 1. The standard InChI is InChI=1S/C15H13N5O5/c21-10(22)6-20-8-16-11-12(17-14(23)19-13(11)20)18-15(24)25-7-9-4-2-1-3-5-9/h1-5,8H,6-7H2,(H,21,22)(H2,17,18,19,23,24). The molecule has 0 aliphatic heterocycles. The number of carbonyl (C=O) groups is 2. The lowest BCUT2D eigenvalue weighted by atomic mass is 10.2. The molecule has 0 fully saturated rings. The van der Waals surface area contributed by atoms with Crippen LogP contribution in [0.4, 0.5) is 10.6 Å². The Bertz CT molecular complexity index is 979. The van der Waals surface area contributed by atoms with Crippen molar-refractivity contribution in [3.8, 4) is 0 Å². The monoisotopic (exact) mass is 343 g/mol. The smallest absolute Gasteiger partial charge is 0.413 e. The van der Waals surface area contributed by atoms with Crippen molar-refractivity contribution in [1.29, 1.82) is 0 Å². The Morgan fingerprint density at radius 3 is 2.76 bits per heavy atom. The molecule has 0 bridgehead atoms. The van der Waals surface area contributed by atoms with Crippen molar-refractivity contribution in [2.24, 2.45) is 0 Å². The van der Waals surface area contributed by atoms with E-state index in [1.807, 2.05) is 18.2 Å². The maximum absolute atomic E-state index is 11.9. The number of nitrogens with one attached hydrogen (secondary N) is 2. The number of amides is 1. The van der Waals surface area contributed by atoms with Crippen LogP contribution in [0.15, 0.2) is 41.5 Å². The van der Waals surface area contributed by atoms with E-state index in [1.165, 1.54) is 10.9 Å². The third-order valence-electron chi connectivity index (χ3n) is 3.23. The van der Waals surface area contributed by atoms with E-state index >= 15 is 0 Å². The molecule has 0 unspecified atom stereocenters. The summed E-state index contributed by atoms with van der Waals surface area (Å²) in [6.07, 6.45) is 0.430.